The van der Waals surface area contributed by atoms with Gasteiger partial charge in [0.05, 0.1) is 5.52 Å². The Hall–Kier alpha value is -2.30. The number of rotatable bonds is 2. The number of aromatic nitrogens is 2. The molecular formula is C10H7N3O2. The molecule has 0 bridgehead atoms. The van der Waals surface area contributed by atoms with E-state index in [9.17, 15) is 9.59 Å². The molecule has 5 heteroatoms. The lowest BCUT2D eigenvalue weighted by molar-refractivity contribution is -0.114. The highest BCUT2D eigenvalue weighted by Gasteiger charge is 2.15. The van der Waals surface area contributed by atoms with Gasteiger partial charge in [0, 0.05) is 11.6 Å². The van der Waals surface area contributed by atoms with Crippen LogP contribution in [-0.2, 0) is 4.79 Å². The fraction of sp³-hybridized carbons (Fsp3) is 0. The molecule has 0 aliphatic carbocycles. The largest absolute Gasteiger partial charge is 0.363 e. The number of hydrogen-bond acceptors (Lipinski definition) is 4. The Morgan fingerprint density at radius 1 is 1.20 bits per heavy atom. The summed E-state index contributed by atoms with van der Waals surface area (Å²) in [7, 11) is 0. The minimum atomic E-state index is -1.05. The smallest absolute Gasteiger partial charge is 0.293 e. The molecule has 2 N–H and O–H groups in total. The lowest BCUT2D eigenvalue weighted by Gasteiger charge is -1.98. The Morgan fingerprint density at radius 3 is 2.67 bits per heavy atom. The summed E-state index contributed by atoms with van der Waals surface area (Å²) >= 11 is 0. The molecule has 1 heterocycles. The SMILES string of the molecule is NC(=O)C(=O)c1ncc2ccccc2n1. The van der Waals surface area contributed by atoms with Gasteiger partial charge in [0.2, 0.25) is 5.82 Å². The molecule has 1 aromatic heterocycles. The van der Waals surface area contributed by atoms with E-state index in [1.54, 1.807) is 12.1 Å². The van der Waals surface area contributed by atoms with Crippen molar-refractivity contribution in [2.45, 2.75) is 0 Å². The Kier molecular flexibility index (Phi) is 2.13. The number of fused-ring (bicyclic) bond motifs is 1. The summed E-state index contributed by atoms with van der Waals surface area (Å²) in [6, 6.07) is 7.16. The van der Waals surface area contributed by atoms with Crippen LogP contribution in [0.2, 0.25) is 0 Å². The zero-order chi connectivity index (χ0) is 10.8. The molecule has 1 amide bonds. The van der Waals surface area contributed by atoms with E-state index in [0.29, 0.717) is 5.52 Å². The van der Waals surface area contributed by atoms with Crippen molar-refractivity contribution in [3.8, 4) is 0 Å². The van der Waals surface area contributed by atoms with Crippen molar-refractivity contribution in [2.75, 3.05) is 0 Å². The molecule has 0 fully saturated rings. The van der Waals surface area contributed by atoms with E-state index < -0.39 is 11.7 Å². The molecule has 0 atom stereocenters. The maximum Gasteiger partial charge on any atom is 0.293 e. The van der Waals surface area contributed by atoms with Crippen molar-refractivity contribution >= 4 is 22.6 Å². The number of benzene rings is 1. The average Bonchev–Trinajstić information content (AvgIpc) is 2.27. The molecule has 0 saturated carbocycles. The van der Waals surface area contributed by atoms with Gasteiger partial charge in [-0.1, -0.05) is 18.2 Å². The summed E-state index contributed by atoms with van der Waals surface area (Å²) in [4.78, 5) is 29.5. The molecule has 1 aromatic carbocycles. The molecule has 5 nitrogen and oxygen atoms in total. The first-order valence-corrected chi connectivity index (χ1v) is 4.24. The number of carbonyl (C=O) groups excluding carboxylic acids is 2. The predicted octanol–water partition coefficient (Wildman–Crippen LogP) is 0.298. The molecule has 0 saturated heterocycles. The van der Waals surface area contributed by atoms with Gasteiger partial charge < -0.3 is 5.73 Å². The van der Waals surface area contributed by atoms with E-state index in [1.807, 2.05) is 12.1 Å². The molecule has 2 rings (SSSR count). The fourth-order valence-electron chi connectivity index (χ4n) is 1.19. The molecule has 0 spiro atoms. The number of primary amides is 1. The van der Waals surface area contributed by atoms with E-state index in [4.69, 9.17) is 5.73 Å². The third-order valence-corrected chi connectivity index (χ3v) is 1.92. The van der Waals surface area contributed by atoms with Crippen LogP contribution in [-0.4, -0.2) is 21.7 Å². The predicted molar refractivity (Wildman–Crippen MR) is 53.1 cm³/mol. The standard InChI is InChI=1S/C10H7N3O2/c11-9(15)8(14)10-12-5-6-3-1-2-4-7(6)13-10/h1-5H,(H2,11,15). The summed E-state index contributed by atoms with van der Waals surface area (Å²) in [6.45, 7) is 0. The molecule has 0 unspecified atom stereocenters. The summed E-state index contributed by atoms with van der Waals surface area (Å²) in [5, 5.41) is 0.804. The first-order valence-electron chi connectivity index (χ1n) is 4.24. The summed E-state index contributed by atoms with van der Waals surface area (Å²) in [5.74, 6) is -2.09. The Bertz CT molecular complexity index is 551. The highest BCUT2D eigenvalue weighted by Crippen LogP contribution is 2.09. The van der Waals surface area contributed by atoms with Crippen LogP contribution in [0.3, 0.4) is 0 Å². The van der Waals surface area contributed by atoms with Crippen molar-refractivity contribution in [1.82, 2.24) is 9.97 Å². The quantitative estimate of drug-likeness (QED) is 0.559. The molecule has 0 aliphatic heterocycles. The van der Waals surface area contributed by atoms with Gasteiger partial charge in [0.15, 0.2) is 0 Å². The minimum Gasteiger partial charge on any atom is -0.363 e. The van der Waals surface area contributed by atoms with Gasteiger partial charge in [-0.3, -0.25) is 9.59 Å². The molecule has 15 heavy (non-hydrogen) atoms. The molecule has 0 aliphatic rings. The lowest BCUT2D eigenvalue weighted by atomic mass is 10.2. The normalized spacial score (nSPS) is 10.1. The number of carbonyl (C=O) groups is 2. The molecular weight excluding hydrogens is 194 g/mol. The summed E-state index contributed by atoms with van der Waals surface area (Å²) < 4.78 is 0. The zero-order valence-corrected chi connectivity index (χ0v) is 7.68. The topological polar surface area (TPSA) is 85.9 Å². The van der Waals surface area contributed by atoms with E-state index >= 15 is 0 Å². The number of hydrogen-bond donors (Lipinski definition) is 1. The second-order valence-corrected chi connectivity index (χ2v) is 2.95. The van der Waals surface area contributed by atoms with Crippen LogP contribution < -0.4 is 5.73 Å². The van der Waals surface area contributed by atoms with Gasteiger partial charge in [-0.2, -0.15) is 0 Å². The minimum absolute atomic E-state index is 0.166. The van der Waals surface area contributed by atoms with Gasteiger partial charge in [0.25, 0.3) is 11.7 Å². The van der Waals surface area contributed by atoms with E-state index in [-0.39, 0.29) is 5.82 Å². The summed E-state index contributed by atoms with van der Waals surface area (Å²) in [5.41, 5.74) is 5.45. The van der Waals surface area contributed by atoms with Crippen molar-refractivity contribution in [3.63, 3.8) is 0 Å². The molecule has 0 radical (unpaired) electrons. The van der Waals surface area contributed by atoms with Crippen LogP contribution in [0.4, 0.5) is 0 Å². The monoisotopic (exact) mass is 201 g/mol. The fourth-order valence-corrected chi connectivity index (χ4v) is 1.19. The van der Waals surface area contributed by atoms with E-state index in [2.05, 4.69) is 9.97 Å². The number of nitrogens with two attached hydrogens (primary N) is 1. The number of amides is 1. The van der Waals surface area contributed by atoms with E-state index in [1.165, 1.54) is 6.20 Å². The van der Waals surface area contributed by atoms with Crippen LogP contribution in [0.15, 0.2) is 30.5 Å². The van der Waals surface area contributed by atoms with Crippen LogP contribution in [0.5, 0.6) is 0 Å². The Balaban J connectivity index is 2.56. The highest BCUT2D eigenvalue weighted by molar-refractivity contribution is 6.41. The molecule has 2 aromatic rings. The van der Waals surface area contributed by atoms with Gasteiger partial charge in [0.1, 0.15) is 0 Å². The number of Topliss-reactive ketones (excluding diaryl/α,β-unsaturated/α-hetero) is 1. The van der Waals surface area contributed by atoms with Crippen LogP contribution in [0, 0.1) is 0 Å². The van der Waals surface area contributed by atoms with Crippen molar-refractivity contribution in [3.05, 3.63) is 36.3 Å². The third-order valence-electron chi connectivity index (χ3n) is 1.92. The first-order chi connectivity index (χ1) is 7.18. The van der Waals surface area contributed by atoms with Gasteiger partial charge in [-0.15, -0.1) is 0 Å². The summed E-state index contributed by atoms with van der Waals surface area (Å²) in [6.07, 6.45) is 1.48. The van der Waals surface area contributed by atoms with Crippen LogP contribution >= 0.6 is 0 Å². The second-order valence-electron chi connectivity index (χ2n) is 2.95. The van der Waals surface area contributed by atoms with Gasteiger partial charge >= 0.3 is 0 Å². The van der Waals surface area contributed by atoms with Crippen molar-refractivity contribution in [2.24, 2.45) is 5.73 Å². The van der Waals surface area contributed by atoms with Gasteiger partial charge in [-0.25, -0.2) is 9.97 Å². The number of para-hydroxylation sites is 1. The first kappa shape index (κ1) is 9.26. The maximum atomic E-state index is 11.2. The van der Waals surface area contributed by atoms with Gasteiger partial charge in [-0.05, 0) is 6.07 Å². The third kappa shape index (κ3) is 1.67. The lowest BCUT2D eigenvalue weighted by Crippen LogP contribution is -2.25. The average molecular weight is 201 g/mol. The van der Waals surface area contributed by atoms with Crippen LogP contribution in [0.25, 0.3) is 10.9 Å². The number of nitrogens with zero attached hydrogens (tertiary/aromatic N) is 2. The van der Waals surface area contributed by atoms with Crippen LogP contribution in [0.1, 0.15) is 10.6 Å². The second kappa shape index (κ2) is 3.45. The Labute approximate surface area is 84.9 Å². The zero-order valence-electron chi connectivity index (χ0n) is 7.68. The number of ketones is 1. The highest BCUT2D eigenvalue weighted by atomic mass is 16.2. The van der Waals surface area contributed by atoms with E-state index in [0.717, 1.165) is 5.39 Å². The van der Waals surface area contributed by atoms with Crippen molar-refractivity contribution < 1.29 is 9.59 Å². The maximum absolute atomic E-state index is 11.2. The Morgan fingerprint density at radius 2 is 1.93 bits per heavy atom. The molecule has 74 valence electrons. The van der Waals surface area contributed by atoms with Crippen molar-refractivity contribution in [1.29, 1.82) is 0 Å².